The lowest BCUT2D eigenvalue weighted by molar-refractivity contribution is 0.0238. The fraction of sp³-hybridized carbons (Fsp3) is 0.600. The molecule has 0 amide bonds. The molecule has 0 bridgehead atoms. The summed E-state index contributed by atoms with van der Waals surface area (Å²) in [6, 6.07) is 12.5. The Balaban J connectivity index is 1.39. The van der Waals surface area contributed by atoms with Gasteiger partial charge in [0.25, 0.3) is 0 Å². The summed E-state index contributed by atoms with van der Waals surface area (Å²) in [4.78, 5) is 4.54. The van der Waals surface area contributed by atoms with Crippen LogP contribution in [-0.2, 0) is 0 Å². The van der Waals surface area contributed by atoms with Gasteiger partial charge in [0, 0.05) is 39.3 Å². The number of hydrogen-bond acceptors (Lipinski definition) is 6. The zero-order valence-electron chi connectivity index (χ0n) is 23.0. The van der Waals surface area contributed by atoms with E-state index in [2.05, 4.69) is 87.7 Å². The third-order valence-corrected chi connectivity index (χ3v) is 6.85. The molecule has 2 aromatic carbocycles. The van der Waals surface area contributed by atoms with Gasteiger partial charge in [-0.2, -0.15) is 0 Å². The van der Waals surface area contributed by atoms with Crippen LogP contribution in [0.25, 0.3) is 0 Å². The van der Waals surface area contributed by atoms with Gasteiger partial charge in [-0.05, 0) is 60.1 Å². The first-order chi connectivity index (χ1) is 17.1. The molecule has 0 aromatic heterocycles. The van der Waals surface area contributed by atoms with Gasteiger partial charge in [0.2, 0.25) is 0 Å². The molecule has 1 aliphatic rings. The van der Waals surface area contributed by atoms with Crippen LogP contribution in [0.4, 0.5) is 0 Å². The largest absolute Gasteiger partial charge is 0.491 e. The first-order valence-electron chi connectivity index (χ1n) is 13.4. The number of rotatable bonds is 12. The second-order valence-electron chi connectivity index (χ2n) is 10.9. The monoisotopic (exact) mass is 498 g/mol. The van der Waals surface area contributed by atoms with Crippen LogP contribution in [0.3, 0.4) is 0 Å². The van der Waals surface area contributed by atoms with Gasteiger partial charge in [0.05, 0.1) is 0 Å². The Morgan fingerprint density at radius 1 is 0.667 bits per heavy atom. The quantitative estimate of drug-likeness (QED) is 0.454. The van der Waals surface area contributed by atoms with Crippen LogP contribution in [0.15, 0.2) is 36.4 Å². The zero-order chi connectivity index (χ0) is 26.2. The first kappa shape index (κ1) is 28.5. The maximum atomic E-state index is 10.6. The smallest absolute Gasteiger partial charge is 0.123 e. The normalized spacial score (nSPS) is 16.9. The molecule has 0 saturated carbocycles. The fourth-order valence-electron chi connectivity index (χ4n) is 4.71. The Bertz CT molecular complexity index is 876. The lowest BCUT2D eigenvalue weighted by Crippen LogP contribution is -2.51. The molecule has 1 saturated heterocycles. The molecule has 6 heteroatoms. The summed E-state index contributed by atoms with van der Waals surface area (Å²) in [6.07, 6.45) is -1.08. The minimum Gasteiger partial charge on any atom is -0.491 e. The van der Waals surface area contributed by atoms with Crippen LogP contribution >= 0.6 is 0 Å². The Labute approximate surface area is 217 Å². The molecule has 0 unspecified atom stereocenters. The van der Waals surface area contributed by atoms with Crippen molar-refractivity contribution in [3.63, 3.8) is 0 Å². The van der Waals surface area contributed by atoms with Gasteiger partial charge in [-0.1, -0.05) is 52.0 Å². The van der Waals surface area contributed by atoms with Crippen molar-refractivity contribution in [2.24, 2.45) is 0 Å². The van der Waals surface area contributed by atoms with Crippen LogP contribution in [0, 0.1) is 13.8 Å². The number of piperazine rings is 1. The third kappa shape index (κ3) is 8.48. The van der Waals surface area contributed by atoms with Crippen molar-refractivity contribution >= 4 is 0 Å². The molecule has 2 N–H and O–H groups in total. The number of benzene rings is 2. The lowest BCUT2D eigenvalue weighted by atomic mass is 10.0. The van der Waals surface area contributed by atoms with Crippen LogP contribution in [0.2, 0.25) is 0 Å². The van der Waals surface area contributed by atoms with E-state index in [1.165, 1.54) is 11.1 Å². The van der Waals surface area contributed by atoms with Crippen molar-refractivity contribution < 1.29 is 19.7 Å². The summed E-state index contributed by atoms with van der Waals surface area (Å²) < 4.78 is 12.0. The third-order valence-electron chi connectivity index (χ3n) is 6.85. The van der Waals surface area contributed by atoms with Gasteiger partial charge < -0.3 is 19.7 Å². The van der Waals surface area contributed by atoms with Crippen molar-refractivity contribution in [1.82, 2.24) is 9.80 Å². The van der Waals surface area contributed by atoms with E-state index in [1.807, 2.05) is 0 Å². The van der Waals surface area contributed by atoms with Crippen molar-refractivity contribution in [3.8, 4) is 11.5 Å². The molecule has 200 valence electrons. The lowest BCUT2D eigenvalue weighted by Gasteiger charge is -2.36. The predicted molar refractivity (Wildman–Crippen MR) is 146 cm³/mol. The molecule has 6 nitrogen and oxygen atoms in total. The molecule has 1 fully saturated rings. The van der Waals surface area contributed by atoms with Crippen LogP contribution in [0.1, 0.15) is 61.8 Å². The Kier molecular flexibility index (Phi) is 10.6. The second kappa shape index (κ2) is 13.4. The standard InChI is InChI=1S/C30H46N2O4/c1-21(2)27-9-7-23(5)15-29(27)35-19-25(33)17-31-11-13-32(14-12-31)18-26(34)20-36-30-16-24(6)8-10-28(30)22(3)4/h7-10,15-16,21-22,25-26,33-34H,11-14,17-20H2,1-6H3/t25-,26+. The Hall–Kier alpha value is -2.12. The van der Waals surface area contributed by atoms with Gasteiger partial charge in [-0.3, -0.25) is 9.80 Å². The van der Waals surface area contributed by atoms with Gasteiger partial charge >= 0.3 is 0 Å². The van der Waals surface area contributed by atoms with E-state index in [4.69, 9.17) is 9.47 Å². The van der Waals surface area contributed by atoms with E-state index in [1.54, 1.807) is 0 Å². The molecule has 0 radical (unpaired) electrons. The highest BCUT2D eigenvalue weighted by molar-refractivity contribution is 5.40. The zero-order valence-corrected chi connectivity index (χ0v) is 23.0. The van der Waals surface area contributed by atoms with Gasteiger partial charge in [-0.15, -0.1) is 0 Å². The van der Waals surface area contributed by atoms with E-state index in [0.29, 0.717) is 24.9 Å². The second-order valence-corrected chi connectivity index (χ2v) is 10.9. The van der Waals surface area contributed by atoms with E-state index < -0.39 is 12.2 Å². The molecular formula is C30H46N2O4. The molecule has 0 spiro atoms. The van der Waals surface area contributed by atoms with E-state index in [9.17, 15) is 10.2 Å². The van der Waals surface area contributed by atoms with Gasteiger partial charge in [-0.25, -0.2) is 0 Å². The SMILES string of the molecule is Cc1ccc(C(C)C)c(OC[C@@H](O)CN2CCN(C[C@@H](O)COc3cc(C)ccc3C(C)C)CC2)c1. The maximum absolute atomic E-state index is 10.6. The predicted octanol–water partition coefficient (Wildman–Crippen LogP) is 4.35. The molecule has 0 aliphatic carbocycles. The number of aliphatic hydroxyl groups is 2. The molecule has 2 aromatic rings. The van der Waals surface area contributed by atoms with Crippen molar-refractivity contribution in [3.05, 3.63) is 58.7 Å². The minimum atomic E-state index is -0.541. The number of nitrogens with zero attached hydrogens (tertiary/aromatic N) is 2. The maximum Gasteiger partial charge on any atom is 0.123 e. The number of aryl methyl sites for hydroxylation is 2. The van der Waals surface area contributed by atoms with E-state index in [-0.39, 0.29) is 13.2 Å². The fourth-order valence-corrected chi connectivity index (χ4v) is 4.71. The van der Waals surface area contributed by atoms with Gasteiger partial charge in [0.1, 0.15) is 36.9 Å². The number of aliphatic hydroxyl groups excluding tert-OH is 2. The van der Waals surface area contributed by atoms with Crippen LogP contribution < -0.4 is 9.47 Å². The highest BCUT2D eigenvalue weighted by atomic mass is 16.5. The summed E-state index contributed by atoms with van der Waals surface area (Å²) in [5, 5.41) is 21.2. The van der Waals surface area contributed by atoms with Crippen molar-refractivity contribution in [2.45, 2.75) is 65.6 Å². The summed E-state index contributed by atoms with van der Waals surface area (Å²) in [5.41, 5.74) is 4.66. The summed E-state index contributed by atoms with van der Waals surface area (Å²) in [5.74, 6) is 2.49. The van der Waals surface area contributed by atoms with E-state index in [0.717, 1.165) is 48.8 Å². The minimum absolute atomic E-state index is 0.288. The molecule has 2 atom stereocenters. The van der Waals surface area contributed by atoms with Crippen LogP contribution in [-0.4, -0.2) is 84.7 Å². The number of hydrogen-bond donors (Lipinski definition) is 2. The number of ether oxygens (including phenoxy) is 2. The molecule has 1 aliphatic heterocycles. The topological polar surface area (TPSA) is 65.4 Å². The Morgan fingerprint density at radius 2 is 1.03 bits per heavy atom. The molecule has 3 rings (SSSR count). The van der Waals surface area contributed by atoms with Crippen LogP contribution in [0.5, 0.6) is 11.5 Å². The summed E-state index contributed by atoms with van der Waals surface area (Å²) in [7, 11) is 0. The highest BCUT2D eigenvalue weighted by Crippen LogP contribution is 2.28. The average Bonchev–Trinajstić information content (AvgIpc) is 2.82. The van der Waals surface area contributed by atoms with Crippen molar-refractivity contribution in [1.29, 1.82) is 0 Å². The molecule has 1 heterocycles. The van der Waals surface area contributed by atoms with E-state index >= 15 is 0 Å². The van der Waals surface area contributed by atoms with Crippen molar-refractivity contribution in [2.75, 3.05) is 52.5 Å². The number of β-amino-alcohol motifs (C(OH)–C–C–N with tert-alkyl or cyclic N) is 2. The molecular weight excluding hydrogens is 452 g/mol. The molecule has 36 heavy (non-hydrogen) atoms. The summed E-state index contributed by atoms with van der Waals surface area (Å²) in [6.45, 7) is 17.9. The average molecular weight is 499 g/mol. The Morgan fingerprint density at radius 3 is 1.36 bits per heavy atom. The highest BCUT2D eigenvalue weighted by Gasteiger charge is 2.22. The van der Waals surface area contributed by atoms with Gasteiger partial charge in [0.15, 0.2) is 0 Å². The first-order valence-corrected chi connectivity index (χ1v) is 13.4. The summed E-state index contributed by atoms with van der Waals surface area (Å²) >= 11 is 0.